The third kappa shape index (κ3) is 4.73. The Kier molecular flexibility index (Phi) is 6.30. The summed E-state index contributed by atoms with van der Waals surface area (Å²) in [7, 11) is 0. The van der Waals surface area contributed by atoms with E-state index < -0.39 is 0 Å². The molecule has 2 aliphatic rings. The molecule has 186 valence electrons. The maximum absolute atomic E-state index is 9.74. The summed E-state index contributed by atoms with van der Waals surface area (Å²) in [6.45, 7) is 0. The topological polar surface area (TPSA) is 95.7 Å². The number of anilines is 4. The Balaban J connectivity index is 1.35. The molecule has 4 aromatic rings. The van der Waals surface area contributed by atoms with E-state index in [1.807, 2.05) is 48.5 Å². The van der Waals surface area contributed by atoms with Gasteiger partial charge in [0.2, 0.25) is 0 Å². The van der Waals surface area contributed by atoms with E-state index in [2.05, 4.69) is 81.9 Å². The van der Waals surface area contributed by atoms with Gasteiger partial charge >= 0.3 is 0 Å². The lowest BCUT2D eigenvalue weighted by atomic mass is 9.99. The van der Waals surface area contributed by atoms with Crippen molar-refractivity contribution in [3.05, 3.63) is 108 Å². The molecule has 4 atom stereocenters. The monoisotopic (exact) mass is 496 g/mol. The zero-order valence-corrected chi connectivity index (χ0v) is 20.9. The first-order valence-corrected chi connectivity index (χ1v) is 12.9. The predicted octanol–water partition coefficient (Wildman–Crippen LogP) is 7.08. The predicted molar refractivity (Wildman–Crippen MR) is 153 cm³/mol. The average Bonchev–Trinajstić information content (AvgIpc) is 3.29. The molecular formula is C32H28N6. The Hall–Kier alpha value is -4.94. The van der Waals surface area contributed by atoms with Crippen LogP contribution in [0.4, 0.5) is 22.7 Å². The van der Waals surface area contributed by atoms with Crippen molar-refractivity contribution in [1.29, 1.82) is 10.5 Å². The number of fused-ring (bicyclic) bond motifs is 2. The van der Waals surface area contributed by atoms with Crippen molar-refractivity contribution < 1.29 is 0 Å². The molecule has 6 heteroatoms. The molecule has 4 aromatic carbocycles. The molecule has 4 unspecified atom stereocenters. The number of rotatable bonds is 3. The van der Waals surface area contributed by atoms with E-state index in [4.69, 9.17) is 0 Å². The molecule has 0 amide bonds. The SMILES string of the molecule is N#CC1CC(c2ccccc2)Nc2cc(-c3ccc4c(c3)NC(c3ccccc3)CC(C#N)N4)ccc2N1. The van der Waals surface area contributed by atoms with Gasteiger partial charge in [-0.15, -0.1) is 0 Å². The summed E-state index contributed by atoms with van der Waals surface area (Å²) in [6.07, 6.45) is 1.33. The zero-order chi connectivity index (χ0) is 25.9. The summed E-state index contributed by atoms with van der Waals surface area (Å²) >= 11 is 0. The first-order chi connectivity index (χ1) is 18.7. The van der Waals surface area contributed by atoms with E-state index in [1.165, 1.54) is 0 Å². The van der Waals surface area contributed by atoms with E-state index in [0.717, 1.165) is 45.0 Å². The van der Waals surface area contributed by atoms with Gasteiger partial charge in [-0.2, -0.15) is 10.5 Å². The van der Waals surface area contributed by atoms with E-state index in [1.54, 1.807) is 0 Å². The van der Waals surface area contributed by atoms with E-state index in [9.17, 15) is 10.5 Å². The largest absolute Gasteiger partial charge is 0.376 e. The standard InChI is InChI=1S/C32H28N6/c33-19-25-17-29(21-7-3-1-4-8-21)37-31-15-23(11-13-27(31)35-25)24-12-14-28-32(16-24)38-30(18-26(20-34)36-28)22-9-5-2-6-10-22/h1-16,25-26,29-30,35-38H,17-18H2. The normalized spacial score (nSPS) is 21.7. The summed E-state index contributed by atoms with van der Waals surface area (Å²) < 4.78 is 0. The van der Waals surface area contributed by atoms with Gasteiger partial charge in [0.05, 0.1) is 47.0 Å². The average molecular weight is 497 g/mol. The molecule has 6 nitrogen and oxygen atoms in total. The van der Waals surface area contributed by atoms with Crippen molar-refractivity contribution in [2.24, 2.45) is 0 Å². The number of hydrogen-bond acceptors (Lipinski definition) is 6. The van der Waals surface area contributed by atoms with Crippen LogP contribution in [0.15, 0.2) is 97.1 Å². The molecule has 4 N–H and O–H groups in total. The van der Waals surface area contributed by atoms with Crippen molar-refractivity contribution in [2.75, 3.05) is 21.3 Å². The number of benzene rings is 4. The molecule has 0 aromatic heterocycles. The summed E-state index contributed by atoms with van der Waals surface area (Å²) in [5.41, 5.74) is 8.26. The molecular weight excluding hydrogens is 468 g/mol. The van der Waals surface area contributed by atoms with Gasteiger partial charge in [-0.05, 0) is 46.5 Å². The van der Waals surface area contributed by atoms with Gasteiger partial charge in [0.25, 0.3) is 0 Å². The molecule has 6 rings (SSSR count). The Labute approximate surface area is 222 Å². The lowest BCUT2D eigenvalue weighted by Gasteiger charge is -2.20. The van der Waals surface area contributed by atoms with Gasteiger partial charge < -0.3 is 21.3 Å². The fraction of sp³-hybridized carbons (Fsp3) is 0.188. The van der Waals surface area contributed by atoms with Crippen LogP contribution in [0.25, 0.3) is 11.1 Å². The highest BCUT2D eigenvalue weighted by Gasteiger charge is 2.26. The van der Waals surface area contributed by atoms with Gasteiger partial charge in [0.15, 0.2) is 0 Å². The van der Waals surface area contributed by atoms with E-state index in [-0.39, 0.29) is 24.2 Å². The van der Waals surface area contributed by atoms with Crippen molar-refractivity contribution in [3.63, 3.8) is 0 Å². The molecule has 2 aliphatic heterocycles. The third-order valence-corrected chi connectivity index (χ3v) is 7.35. The van der Waals surface area contributed by atoms with Crippen LogP contribution in [0, 0.1) is 22.7 Å². The van der Waals surface area contributed by atoms with Gasteiger partial charge in [0.1, 0.15) is 12.1 Å². The maximum atomic E-state index is 9.74. The summed E-state index contributed by atoms with van der Waals surface area (Å²) in [6, 6.07) is 37.4. The van der Waals surface area contributed by atoms with Crippen LogP contribution in [0.2, 0.25) is 0 Å². The Bertz CT molecular complexity index is 1400. The molecule has 0 radical (unpaired) electrons. The second-order valence-electron chi connectivity index (χ2n) is 9.86. The van der Waals surface area contributed by atoms with Crippen LogP contribution in [0.1, 0.15) is 36.1 Å². The Morgan fingerprint density at radius 1 is 0.500 bits per heavy atom. The molecule has 0 saturated heterocycles. The van der Waals surface area contributed by atoms with Crippen molar-refractivity contribution >= 4 is 22.7 Å². The fourth-order valence-electron chi connectivity index (χ4n) is 5.38. The van der Waals surface area contributed by atoms with Gasteiger partial charge in [0, 0.05) is 12.8 Å². The molecule has 0 bridgehead atoms. The van der Waals surface area contributed by atoms with Crippen LogP contribution in [-0.4, -0.2) is 12.1 Å². The minimum Gasteiger partial charge on any atom is -0.376 e. The van der Waals surface area contributed by atoms with Crippen molar-refractivity contribution in [2.45, 2.75) is 37.0 Å². The maximum Gasteiger partial charge on any atom is 0.116 e. The zero-order valence-electron chi connectivity index (χ0n) is 20.9. The van der Waals surface area contributed by atoms with E-state index in [0.29, 0.717) is 12.8 Å². The molecule has 0 fully saturated rings. The number of nitrogens with zero attached hydrogens (tertiary/aromatic N) is 2. The van der Waals surface area contributed by atoms with Gasteiger partial charge in [-0.25, -0.2) is 0 Å². The molecule has 0 aliphatic carbocycles. The summed E-state index contributed by atoms with van der Waals surface area (Å²) in [5, 5.41) is 33.7. The van der Waals surface area contributed by atoms with Crippen LogP contribution in [0.5, 0.6) is 0 Å². The van der Waals surface area contributed by atoms with Crippen molar-refractivity contribution in [3.8, 4) is 23.3 Å². The first-order valence-electron chi connectivity index (χ1n) is 12.9. The molecule has 38 heavy (non-hydrogen) atoms. The molecule has 0 saturated carbocycles. The van der Waals surface area contributed by atoms with Gasteiger partial charge in [-0.3, -0.25) is 0 Å². The highest BCUT2D eigenvalue weighted by Crippen LogP contribution is 2.40. The number of nitrogens with one attached hydrogen (secondary N) is 4. The molecule has 2 heterocycles. The number of nitriles is 2. The highest BCUT2D eigenvalue weighted by molar-refractivity contribution is 5.83. The Morgan fingerprint density at radius 3 is 1.32 bits per heavy atom. The van der Waals surface area contributed by atoms with Crippen LogP contribution in [-0.2, 0) is 0 Å². The van der Waals surface area contributed by atoms with Crippen LogP contribution >= 0.6 is 0 Å². The van der Waals surface area contributed by atoms with Crippen molar-refractivity contribution in [1.82, 2.24) is 0 Å². The van der Waals surface area contributed by atoms with Crippen LogP contribution in [0.3, 0.4) is 0 Å². The quantitative estimate of drug-likeness (QED) is 0.242. The van der Waals surface area contributed by atoms with Crippen LogP contribution < -0.4 is 21.3 Å². The Morgan fingerprint density at radius 2 is 0.921 bits per heavy atom. The first kappa shape index (κ1) is 23.5. The third-order valence-electron chi connectivity index (χ3n) is 7.35. The lowest BCUT2D eigenvalue weighted by Crippen LogP contribution is -2.19. The second kappa shape index (κ2) is 10.2. The summed E-state index contributed by atoms with van der Waals surface area (Å²) in [4.78, 5) is 0. The number of hydrogen-bond donors (Lipinski definition) is 4. The fourth-order valence-corrected chi connectivity index (χ4v) is 5.38. The minimum atomic E-state index is -0.287. The smallest absolute Gasteiger partial charge is 0.116 e. The van der Waals surface area contributed by atoms with Gasteiger partial charge in [-0.1, -0.05) is 72.8 Å². The molecule has 0 spiro atoms. The van der Waals surface area contributed by atoms with E-state index >= 15 is 0 Å². The highest BCUT2D eigenvalue weighted by atomic mass is 15.0. The lowest BCUT2D eigenvalue weighted by molar-refractivity contribution is 0.675. The minimum absolute atomic E-state index is 0.0253. The summed E-state index contributed by atoms with van der Waals surface area (Å²) in [5.74, 6) is 0. The second-order valence-corrected chi connectivity index (χ2v) is 9.86.